The molecule has 1 unspecified atom stereocenters. The largest absolute Gasteiger partial charge is 0.464 e. The Kier molecular flexibility index (Phi) is 3.95. The van der Waals surface area contributed by atoms with E-state index in [-0.39, 0.29) is 6.61 Å². The number of rotatable bonds is 3. The van der Waals surface area contributed by atoms with E-state index in [1.54, 1.807) is 30.0 Å². The predicted octanol–water partition coefficient (Wildman–Crippen LogP) is 2.02. The van der Waals surface area contributed by atoms with Gasteiger partial charge in [0.2, 0.25) is 6.04 Å². The molecule has 0 saturated carbocycles. The normalized spacial score (nSPS) is 17.7. The third-order valence-corrected chi connectivity index (χ3v) is 3.06. The van der Waals surface area contributed by atoms with Crippen molar-refractivity contribution in [3.63, 3.8) is 0 Å². The number of carbonyl (C=O) groups is 2. The number of anilines is 1. The maximum absolute atomic E-state index is 11.9. The van der Waals surface area contributed by atoms with Crippen LogP contribution in [-0.4, -0.2) is 31.1 Å². The third kappa shape index (κ3) is 2.51. The minimum atomic E-state index is -1.07. The zero-order valence-corrected chi connectivity index (χ0v) is 11.4. The molecule has 102 valence electrons. The highest BCUT2D eigenvalue weighted by molar-refractivity contribution is 6.31. The summed E-state index contributed by atoms with van der Waals surface area (Å²) in [4.78, 5) is 25.4. The Bertz CT molecular complexity index is 517. The van der Waals surface area contributed by atoms with Crippen LogP contribution >= 0.6 is 11.6 Å². The highest BCUT2D eigenvalue weighted by Gasteiger charge is 2.40. The van der Waals surface area contributed by atoms with Gasteiger partial charge in [0.25, 0.3) is 0 Å². The highest BCUT2D eigenvalue weighted by atomic mass is 35.5. The van der Waals surface area contributed by atoms with Gasteiger partial charge >= 0.3 is 11.9 Å². The number of likely N-dealkylation sites (N-methyl/N-ethyl adjacent to an activating group) is 1. The van der Waals surface area contributed by atoms with Crippen molar-refractivity contribution in [2.24, 2.45) is 0 Å². The first kappa shape index (κ1) is 13.7. The molecule has 19 heavy (non-hydrogen) atoms. The number of hydrogen-bond acceptors (Lipinski definition) is 5. The summed E-state index contributed by atoms with van der Waals surface area (Å²) in [6.45, 7) is 4.21. The molecule has 0 aliphatic carbocycles. The van der Waals surface area contributed by atoms with E-state index in [0.29, 0.717) is 23.0 Å². The molecule has 1 heterocycles. The second-order valence-corrected chi connectivity index (χ2v) is 4.41. The van der Waals surface area contributed by atoms with Crippen LogP contribution in [0.1, 0.15) is 13.8 Å². The van der Waals surface area contributed by atoms with Crippen LogP contribution in [0.25, 0.3) is 0 Å². The Labute approximate surface area is 116 Å². The lowest BCUT2D eigenvalue weighted by molar-refractivity contribution is -0.153. The maximum Gasteiger partial charge on any atom is 0.346 e. The van der Waals surface area contributed by atoms with Crippen molar-refractivity contribution in [1.82, 2.24) is 0 Å². The van der Waals surface area contributed by atoms with Gasteiger partial charge in [0.05, 0.1) is 12.3 Å². The van der Waals surface area contributed by atoms with E-state index in [0.717, 1.165) is 0 Å². The molecule has 0 spiro atoms. The second kappa shape index (κ2) is 5.48. The predicted molar refractivity (Wildman–Crippen MR) is 70.5 cm³/mol. The van der Waals surface area contributed by atoms with Gasteiger partial charge in [-0.2, -0.15) is 0 Å². The van der Waals surface area contributed by atoms with Gasteiger partial charge in [-0.05, 0) is 32.0 Å². The van der Waals surface area contributed by atoms with Crippen molar-refractivity contribution in [2.75, 3.05) is 18.1 Å². The first-order valence-electron chi connectivity index (χ1n) is 6.03. The van der Waals surface area contributed by atoms with Crippen LogP contribution in [0, 0.1) is 0 Å². The van der Waals surface area contributed by atoms with Gasteiger partial charge in [0, 0.05) is 11.6 Å². The molecule has 1 atom stereocenters. The van der Waals surface area contributed by atoms with Gasteiger partial charge in [-0.15, -0.1) is 0 Å². The smallest absolute Gasteiger partial charge is 0.346 e. The van der Waals surface area contributed by atoms with Crippen LogP contribution in [0.2, 0.25) is 5.02 Å². The van der Waals surface area contributed by atoms with Crippen molar-refractivity contribution in [3.8, 4) is 5.75 Å². The molecule has 0 bridgehead atoms. The zero-order chi connectivity index (χ0) is 14.0. The maximum atomic E-state index is 11.9. The van der Waals surface area contributed by atoms with Gasteiger partial charge in [0.1, 0.15) is 0 Å². The minimum absolute atomic E-state index is 0.211. The molecule has 0 fully saturated rings. The number of ether oxygens (including phenoxy) is 2. The van der Waals surface area contributed by atoms with E-state index in [9.17, 15) is 9.59 Å². The molecule has 6 heteroatoms. The Morgan fingerprint density at radius 2 is 2.21 bits per heavy atom. The number of nitrogens with zero attached hydrogens (tertiary/aromatic N) is 1. The summed E-state index contributed by atoms with van der Waals surface area (Å²) in [5.74, 6) is -0.841. The summed E-state index contributed by atoms with van der Waals surface area (Å²) in [5.41, 5.74) is 0.618. The van der Waals surface area contributed by atoms with Crippen LogP contribution in [-0.2, 0) is 14.3 Å². The summed E-state index contributed by atoms with van der Waals surface area (Å²) in [7, 11) is 0. The van der Waals surface area contributed by atoms with E-state index < -0.39 is 18.0 Å². The lowest BCUT2D eigenvalue weighted by atomic mass is 10.1. The molecule has 5 nitrogen and oxygen atoms in total. The quantitative estimate of drug-likeness (QED) is 0.482. The monoisotopic (exact) mass is 283 g/mol. The molecule has 1 aromatic rings. The van der Waals surface area contributed by atoms with Crippen LogP contribution in [0.3, 0.4) is 0 Å². The van der Waals surface area contributed by atoms with Gasteiger partial charge in [0.15, 0.2) is 5.75 Å². The first-order chi connectivity index (χ1) is 9.08. The van der Waals surface area contributed by atoms with Crippen molar-refractivity contribution in [3.05, 3.63) is 23.2 Å². The fourth-order valence-corrected chi connectivity index (χ4v) is 2.20. The van der Waals surface area contributed by atoms with E-state index in [1.165, 1.54) is 0 Å². The van der Waals surface area contributed by atoms with Crippen LogP contribution < -0.4 is 9.64 Å². The minimum Gasteiger partial charge on any atom is -0.464 e. The molecule has 0 saturated heterocycles. The number of benzene rings is 1. The average molecular weight is 284 g/mol. The van der Waals surface area contributed by atoms with Crippen LogP contribution in [0.15, 0.2) is 18.2 Å². The van der Waals surface area contributed by atoms with E-state index in [4.69, 9.17) is 21.1 Å². The van der Waals surface area contributed by atoms with Gasteiger partial charge in [-0.25, -0.2) is 9.59 Å². The van der Waals surface area contributed by atoms with E-state index >= 15 is 0 Å². The molecule has 0 aromatic heterocycles. The number of carbonyl (C=O) groups excluding carboxylic acids is 2. The fourth-order valence-electron chi connectivity index (χ4n) is 2.03. The summed E-state index contributed by atoms with van der Waals surface area (Å²) >= 11 is 5.94. The number of esters is 2. The number of fused-ring (bicyclic) bond motifs is 1. The number of halogens is 1. The van der Waals surface area contributed by atoms with Crippen LogP contribution in [0.5, 0.6) is 5.75 Å². The van der Waals surface area contributed by atoms with Crippen LogP contribution in [0.4, 0.5) is 5.69 Å². The van der Waals surface area contributed by atoms with E-state index in [1.807, 2.05) is 6.92 Å². The molecule has 2 rings (SSSR count). The zero-order valence-electron chi connectivity index (χ0n) is 10.7. The Morgan fingerprint density at radius 1 is 1.47 bits per heavy atom. The molecule has 1 aliphatic heterocycles. The molecular weight excluding hydrogens is 270 g/mol. The summed E-state index contributed by atoms with van der Waals surface area (Å²) in [6, 6.07) is 3.83. The van der Waals surface area contributed by atoms with Crippen molar-refractivity contribution < 1.29 is 19.1 Å². The van der Waals surface area contributed by atoms with Gasteiger partial charge in [-0.1, -0.05) is 11.6 Å². The Hall–Kier alpha value is -1.75. The standard InChI is InChI=1S/C13H14ClNO4/c1-3-15-9-7-8(14)5-6-10(9)19-13(17)11(15)12(16)18-4-2/h5-7,11H,3-4H2,1-2H3. The second-order valence-electron chi connectivity index (χ2n) is 3.97. The van der Waals surface area contributed by atoms with E-state index in [2.05, 4.69) is 0 Å². The van der Waals surface area contributed by atoms with Crippen molar-refractivity contribution >= 4 is 29.2 Å². The lowest BCUT2D eigenvalue weighted by Gasteiger charge is -2.34. The SMILES string of the molecule is CCOC(=O)C1C(=O)Oc2ccc(Cl)cc2N1CC. The Balaban J connectivity index is 2.42. The van der Waals surface area contributed by atoms with Crippen molar-refractivity contribution in [2.45, 2.75) is 19.9 Å². The Morgan fingerprint density at radius 3 is 2.84 bits per heavy atom. The summed E-state index contributed by atoms with van der Waals surface area (Å²) in [5, 5.41) is 0.512. The first-order valence-corrected chi connectivity index (χ1v) is 6.40. The molecule has 0 N–H and O–H groups in total. The highest BCUT2D eigenvalue weighted by Crippen LogP contribution is 2.36. The average Bonchev–Trinajstić information content (AvgIpc) is 2.38. The lowest BCUT2D eigenvalue weighted by Crippen LogP contribution is -2.52. The summed E-state index contributed by atoms with van der Waals surface area (Å²) < 4.78 is 10.1. The molecular formula is C13H14ClNO4. The molecule has 1 aromatic carbocycles. The summed E-state index contributed by atoms with van der Waals surface area (Å²) in [6.07, 6.45) is 0. The molecule has 0 amide bonds. The van der Waals surface area contributed by atoms with Gasteiger partial charge in [-0.3, -0.25) is 0 Å². The molecule has 1 aliphatic rings. The van der Waals surface area contributed by atoms with Crippen molar-refractivity contribution in [1.29, 1.82) is 0 Å². The topological polar surface area (TPSA) is 55.8 Å². The third-order valence-electron chi connectivity index (χ3n) is 2.83. The van der Waals surface area contributed by atoms with Gasteiger partial charge < -0.3 is 14.4 Å². The molecule has 0 radical (unpaired) electrons. The fraction of sp³-hybridized carbons (Fsp3) is 0.385. The number of hydrogen-bond donors (Lipinski definition) is 0.